The van der Waals surface area contributed by atoms with Gasteiger partial charge in [0.05, 0.1) is 11.1 Å². The molecule has 0 aliphatic carbocycles. The first-order valence-electron chi connectivity index (χ1n) is 5.86. The minimum atomic E-state index is -0.455. The van der Waals surface area contributed by atoms with E-state index in [1.54, 1.807) is 30.3 Å². The lowest BCUT2D eigenvalue weighted by Gasteiger charge is -2.18. The lowest BCUT2D eigenvalue weighted by molar-refractivity contribution is 0.549. The molecule has 0 radical (unpaired) electrons. The second kappa shape index (κ2) is 6.74. The van der Waals surface area contributed by atoms with Crippen LogP contribution in [0.2, 0.25) is 15.1 Å². The Morgan fingerprint density at radius 1 is 1.10 bits per heavy atom. The van der Waals surface area contributed by atoms with E-state index < -0.39 is 5.82 Å². The third-order valence-electron chi connectivity index (χ3n) is 2.94. The lowest BCUT2D eigenvalue weighted by atomic mass is 9.99. The third-order valence-corrected chi connectivity index (χ3v) is 3.80. The molecule has 3 N–H and O–H groups in total. The van der Waals surface area contributed by atoms with Crippen LogP contribution in [-0.2, 0) is 6.42 Å². The van der Waals surface area contributed by atoms with Crippen molar-refractivity contribution < 1.29 is 4.39 Å². The number of benzene rings is 2. The van der Waals surface area contributed by atoms with Gasteiger partial charge in [-0.1, -0.05) is 46.9 Å². The normalized spacial score (nSPS) is 12.4. The number of hydrogen-bond acceptors (Lipinski definition) is 2. The molecule has 0 aromatic heterocycles. The first-order valence-corrected chi connectivity index (χ1v) is 6.99. The van der Waals surface area contributed by atoms with Crippen LogP contribution >= 0.6 is 34.8 Å². The van der Waals surface area contributed by atoms with E-state index in [9.17, 15) is 4.39 Å². The van der Waals surface area contributed by atoms with E-state index in [0.29, 0.717) is 22.0 Å². The van der Waals surface area contributed by atoms with E-state index in [4.69, 9.17) is 40.6 Å². The number of hydrazine groups is 1. The summed E-state index contributed by atoms with van der Waals surface area (Å²) >= 11 is 17.9. The van der Waals surface area contributed by atoms with E-state index in [1.165, 1.54) is 6.07 Å². The number of halogens is 4. The van der Waals surface area contributed by atoms with Gasteiger partial charge in [0.15, 0.2) is 0 Å². The summed E-state index contributed by atoms with van der Waals surface area (Å²) in [6.45, 7) is 0. The Bertz CT molecular complexity index is 599. The minimum Gasteiger partial charge on any atom is -0.271 e. The first kappa shape index (κ1) is 15.5. The summed E-state index contributed by atoms with van der Waals surface area (Å²) in [7, 11) is 0. The van der Waals surface area contributed by atoms with Gasteiger partial charge in [-0.15, -0.1) is 0 Å². The van der Waals surface area contributed by atoms with E-state index >= 15 is 0 Å². The van der Waals surface area contributed by atoms with Crippen molar-refractivity contribution in [2.75, 3.05) is 0 Å². The second-order valence-corrected chi connectivity index (χ2v) is 5.59. The Morgan fingerprint density at radius 2 is 1.75 bits per heavy atom. The number of rotatable bonds is 4. The van der Waals surface area contributed by atoms with Crippen LogP contribution < -0.4 is 11.3 Å². The number of nitrogens with one attached hydrogen (secondary N) is 1. The van der Waals surface area contributed by atoms with Gasteiger partial charge in [0, 0.05) is 10.0 Å². The number of nitrogens with two attached hydrogens (primary N) is 1. The highest BCUT2D eigenvalue weighted by atomic mass is 35.5. The molecular formula is C14H12Cl3FN2. The van der Waals surface area contributed by atoms with Crippen LogP contribution in [0, 0.1) is 5.82 Å². The van der Waals surface area contributed by atoms with Crippen LogP contribution in [0.4, 0.5) is 4.39 Å². The highest BCUT2D eigenvalue weighted by molar-refractivity contribution is 6.34. The maximum absolute atomic E-state index is 13.4. The fourth-order valence-corrected chi connectivity index (χ4v) is 2.72. The van der Waals surface area contributed by atoms with Crippen molar-refractivity contribution in [2.24, 2.45) is 5.84 Å². The maximum atomic E-state index is 13.4. The van der Waals surface area contributed by atoms with Gasteiger partial charge < -0.3 is 0 Å². The van der Waals surface area contributed by atoms with Crippen LogP contribution in [0.25, 0.3) is 0 Å². The van der Waals surface area contributed by atoms with Crippen molar-refractivity contribution in [3.8, 4) is 0 Å². The molecule has 0 amide bonds. The van der Waals surface area contributed by atoms with Crippen LogP contribution in [0.1, 0.15) is 17.2 Å². The fraction of sp³-hybridized carbons (Fsp3) is 0.143. The first-order chi connectivity index (χ1) is 9.51. The van der Waals surface area contributed by atoms with Crippen molar-refractivity contribution in [1.82, 2.24) is 5.43 Å². The van der Waals surface area contributed by atoms with Crippen molar-refractivity contribution in [3.05, 3.63) is 68.4 Å². The van der Waals surface area contributed by atoms with Crippen molar-refractivity contribution in [1.29, 1.82) is 0 Å². The van der Waals surface area contributed by atoms with Gasteiger partial charge in [0.1, 0.15) is 5.82 Å². The maximum Gasteiger partial charge on any atom is 0.142 e. The predicted molar refractivity (Wildman–Crippen MR) is 81.6 cm³/mol. The van der Waals surface area contributed by atoms with Gasteiger partial charge in [0.25, 0.3) is 0 Å². The predicted octanol–water partition coefficient (Wildman–Crippen LogP) is 4.53. The third kappa shape index (κ3) is 3.62. The molecule has 0 aliphatic rings. The minimum absolute atomic E-state index is 0.0980. The molecule has 106 valence electrons. The summed E-state index contributed by atoms with van der Waals surface area (Å²) < 4.78 is 13.4. The summed E-state index contributed by atoms with van der Waals surface area (Å²) in [5.74, 6) is 5.11. The standard InChI is InChI=1S/C14H12Cl3FN2/c15-10-4-9(5-11(16)7-10)13(20-19)6-8-2-1-3-12(18)14(8)17/h1-5,7,13,20H,6,19H2. The summed E-state index contributed by atoms with van der Waals surface area (Å²) in [6, 6.07) is 9.54. The summed E-state index contributed by atoms with van der Waals surface area (Å²) in [5, 5.41) is 1.12. The Kier molecular flexibility index (Phi) is 5.24. The molecule has 2 nitrogen and oxygen atoms in total. The quantitative estimate of drug-likeness (QED) is 0.637. The average Bonchev–Trinajstić information content (AvgIpc) is 2.39. The van der Waals surface area contributed by atoms with Crippen molar-refractivity contribution in [2.45, 2.75) is 12.5 Å². The zero-order valence-corrected chi connectivity index (χ0v) is 12.6. The molecule has 2 aromatic carbocycles. The van der Waals surface area contributed by atoms with Crippen molar-refractivity contribution in [3.63, 3.8) is 0 Å². The fourth-order valence-electron chi connectivity index (χ4n) is 1.98. The second-order valence-electron chi connectivity index (χ2n) is 4.34. The molecule has 1 atom stereocenters. The van der Waals surface area contributed by atoms with Crippen LogP contribution in [0.15, 0.2) is 36.4 Å². The molecule has 6 heteroatoms. The van der Waals surface area contributed by atoms with E-state index in [-0.39, 0.29) is 11.1 Å². The molecule has 0 heterocycles. The molecule has 2 aromatic rings. The molecule has 0 spiro atoms. The zero-order chi connectivity index (χ0) is 14.7. The van der Waals surface area contributed by atoms with Gasteiger partial charge in [-0.3, -0.25) is 11.3 Å². The zero-order valence-electron chi connectivity index (χ0n) is 10.3. The van der Waals surface area contributed by atoms with E-state index in [0.717, 1.165) is 5.56 Å². The summed E-state index contributed by atoms with van der Waals surface area (Å²) in [4.78, 5) is 0. The monoisotopic (exact) mass is 332 g/mol. The van der Waals surface area contributed by atoms with E-state index in [1.807, 2.05) is 0 Å². The lowest BCUT2D eigenvalue weighted by Crippen LogP contribution is -2.29. The Hall–Kier alpha value is -0.840. The van der Waals surface area contributed by atoms with Gasteiger partial charge in [0.2, 0.25) is 0 Å². The van der Waals surface area contributed by atoms with Crippen molar-refractivity contribution >= 4 is 34.8 Å². The average molecular weight is 334 g/mol. The summed E-state index contributed by atoms with van der Waals surface area (Å²) in [5.41, 5.74) is 4.14. The Labute approximate surface area is 131 Å². The summed E-state index contributed by atoms with van der Waals surface area (Å²) in [6.07, 6.45) is 0.420. The largest absolute Gasteiger partial charge is 0.271 e. The molecule has 0 bridgehead atoms. The molecule has 0 saturated heterocycles. The molecule has 0 saturated carbocycles. The van der Waals surface area contributed by atoms with Gasteiger partial charge in [-0.05, 0) is 41.8 Å². The topological polar surface area (TPSA) is 38.0 Å². The van der Waals surface area contributed by atoms with E-state index in [2.05, 4.69) is 5.43 Å². The van der Waals surface area contributed by atoms with Gasteiger partial charge >= 0.3 is 0 Å². The Balaban J connectivity index is 2.31. The van der Waals surface area contributed by atoms with Crippen LogP contribution in [0.3, 0.4) is 0 Å². The number of hydrogen-bond donors (Lipinski definition) is 2. The van der Waals surface area contributed by atoms with Gasteiger partial charge in [-0.25, -0.2) is 4.39 Å². The highest BCUT2D eigenvalue weighted by Gasteiger charge is 2.15. The molecular weight excluding hydrogens is 322 g/mol. The SMILES string of the molecule is NNC(Cc1cccc(F)c1Cl)c1cc(Cl)cc(Cl)c1. The van der Waals surface area contributed by atoms with Gasteiger partial charge in [-0.2, -0.15) is 0 Å². The molecule has 1 unspecified atom stereocenters. The molecule has 20 heavy (non-hydrogen) atoms. The molecule has 0 fully saturated rings. The highest BCUT2D eigenvalue weighted by Crippen LogP contribution is 2.28. The Morgan fingerprint density at radius 3 is 2.35 bits per heavy atom. The molecule has 0 aliphatic heterocycles. The van der Waals surface area contributed by atoms with Crippen LogP contribution in [-0.4, -0.2) is 0 Å². The smallest absolute Gasteiger partial charge is 0.142 e. The molecule has 2 rings (SSSR count). The van der Waals surface area contributed by atoms with Crippen LogP contribution in [0.5, 0.6) is 0 Å².